The summed E-state index contributed by atoms with van der Waals surface area (Å²) in [7, 11) is 0. The second kappa shape index (κ2) is 7.56. The van der Waals surface area contributed by atoms with Gasteiger partial charge in [0.1, 0.15) is 0 Å². The summed E-state index contributed by atoms with van der Waals surface area (Å²) in [6, 6.07) is 21.8. The Morgan fingerprint density at radius 1 is 0.923 bits per heavy atom. The van der Waals surface area contributed by atoms with E-state index >= 15 is 0 Å². The summed E-state index contributed by atoms with van der Waals surface area (Å²) in [5.41, 5.74) is 12.3. The monoisotopic (exact) mass is 364 g/mol. The number of rotatable bonds is 3. The lowest BCUT2D eigenvalue weighted by molar-refractivity contribution is 0.232. The summed E-state index contributed by atoms with van der Waals surface area (Å²) in [6.07, 6.45) is 3.47. The van der Waals surface area contributed by atoms with Crippen LogP contribution in [0.5, 0.6) is 0 Å². The molecule has 1 saturated carbocycles. The van der Waals surface area contributed by atoms with Crippen molar-refractivity contribution in [1.29, 1.82) is 0 Å². The minimum absolute atomic E-state index is 0.224. The van der Waals surface area contributed by atoms with Gasteiger partial charge in [0.05, 0.1) is 0 Å². The second-order valence-electron chi connectivity index (χ2n) is 7.10. The van der Waals surface area contributed by atoms with Gasteiger partial charge >= 0.3 is 0 Å². The molecule has 4 N–H and O–H groups in total. The molecule has 0 spiro atoms. The first-order valence-corrected chi connectivity index (χ1v) is 9.63. The van der Waals surface area contributed by atoms with E-state index in [0.717, 1.165) is 12.8 Å². The van der Waals surface area contributed by atoms with Crippen molar-refractivity contribution < 1.29 is 0 Å². The number of nitrogens with zero attached hydrogens (tertiary/aromatic N) is 1. The van der Waals surface area contributed by atoms with Gasteiger partial charge in [-0.3, -0.25) is 5.43 Å². The Bertz CT molecular complexity index is 735. The van der Waals surface area contributed by atoms with E-state index in [2.05, 4.69) is 76.5 Å². The Morgan fingerprint density at radius 2 is 1.42 bits per heavy atom. The van der Waals surface area contributed by atoms with Crippen LogP contribution in [0, 0.1) is 11.8 Å². The van der Waals surface area contributed by atoms with Crippen molar-refractivity contribution in [3.63, 3.8) is 0 Å². The number of thiocarbonyl (C=S) groups is 1. The first kappa shape index (κ1) is 17.2. The molecule has 1 heterocycles. The van der Waals surface area contributed by atoms with Crippen molar-refractivity contribution in [3.05, 3.63) is 71.8 Å². The molecule has 0 unspecified atom stereocenters. The van der Waals surface area contributed by atoms with Gasteiger partial charge in [0.25, 0.3) is 0 Å². The van der Waals surface area contributed by atoms with Gasteiger partial charge < -0.3 is 11.1 Å². The molecule has 26 heavy (non-hydrogen) atoms. The standard InChI is InChI=1S/C21H24N4S/c22-21(26)25-24-20-16-12-7-13-17(20)19(15-10-5-2-6-11-15)23-18(16)14-8-3-1-4-9-14/h1-6,8-11,16-19,23H,7,12-13H2,(H3,22,25,26)/t16-,17-,18+,19+/m1/s1. The summed E-state index contributed by atoms with van der Waals surface area (Å²) in [5.74, 6) is 0.718. The van der Waals surface area contributed by atoms with E-state index in [-0.39, 0.29) is 17.2 Å². The normalized spacial score (nSPS) is 27.6. The Labute approximate surface area is 159 Å². The van der Waals surface area contributed by atoms with Gasteiger partial charge in [-0.05, 0) is 36.2 Å². The number of nitrogens with two attached hydrogens (primary N) is 1. The maximum atomic E-state index is 5.65. The molecule has 0 amide bonds. The number of hydrazone groups is 1. The summed E-state index contributed by atoms with van der Waals surface area (Å²) in [5, 5.41) is 8.84. The smallest absolute Gasteiger partial charge is 0.184 e. The van der Waals surface area contributed by atoms with Gasteiger partial charge in [0.15, 0.2) is 5.11 Å². The number of benzene rings is 2. The molecular formula is C21H24N4S. The third-order valence-electron chi connectivity index (χ3n) is 5.57. The SMILES string of the molecule is NC(=S)NN=C1[C@@H]2CCC[C@@H]1[C@H](c1ccccc1)N[C@H]2c1ccccc1. The lowest BCUT2D eigenvalue weighted by Crippen LogP contribution is -2.51. The zero-order valence-corrected chi connectivity index (χ0v) is 15.5. The molecule has 4 atom stereocenters. The van der Waals surface area contributed by atoms with Crippen molar-refractivity contribution in [3.8, 4) is 0 Å². The van der Waals surface area contributed by atoms with Crippen LogP contribution < -0.4 is 16.5 Å². The van der Waals surface area contributed by atoms with Gasteiger partial charge in [-0.1, -0.05) is 67.1 Å². The van der Waals surface area contributed by atoms with E-state index in [9.17, 15) is 0 Å². The Hall–Kier alpha value is -2.24. The average molecular weight is 365 g/mol. The molecule has 1 saturated heterocycles. The fourth-order valence-electron chi connectivity index (χ4n) is 4.49. The van der Waals surface area contributed by atoms with Gasteiger partial charge in [0, 0.05) is 29.6 Å². The number of piperidine rings is 1. The number of hydrogen-bond donors (Lipinski definition) is 3. The molecule has 2 aromatic rings. The number of hydrogen-bond acceptors (Lipinski definition) is 3. The van der Waals surface area contributed by atoms with Gasteiger partial charge in [0.2, 0.25) is 0 Å². The second-order valence-corrected chi connectivity index (χ2v) is 7.54. The quantitative estimate of drug-likeness (QED) is 0.574. The van der Waals surface area contributed by atoms with E-state index in [1.807, 2.05) is 0 Å². The molecule has 2 aromatic carbocycles. The highest BCUT2D eigenvalue weighted by Crippen LogP contribution is 2.46. The molecule has 2 fully saturated rings. The molecule has 2 aliphatic rings. The molecular weight excluding hydrogens is 340 g/mol. The molecule has 4 rings (SSSR count). The summed E-state index contributed by atoms with van der Waals surface area (Å²) in [6.45, 7) is 0. The first-order valence-electron chi connectivity index (χ1n) is 9.23. The van der Waals surface area contributed by atoms with Crippen molar-refractivity contribution in [2.75, 3.05) is 0 Å². The van der Waals surface area contributed by atoms with Gasteiger partial charge in [-0.2, -0.15) is 5.10 Å². The van der Waals surface area contributed by atoms with Crippen LogP contribution in [0.15, 0.2) is 65.8 Å². The van der Waals surface area contributed by atoms with Crippen LogP contribution >= 0.6 is 12.2 Å². The molecule has 134 valence electrons. The lowest BCUT2D eigenvalue weighted by Gasteiger charge is -2.47. The third-order valence-corrected chi connectivity index (χ3v) is 5.66. The number of nitrogens with one attached hydrogen (secondary N) is 2. The Kier molecular flexibility index (Phi) is 5.00. The number of fused-ring (bicyclic) bond motifs is 2. The van der Waals surface area contributed by atoms with E-state index in [4.69, 9.17) is 18.0 Å². The molecule has 1 aliphatic heterocycles. The van der Waals surface area contributed by atoms with Gasteiger partial charge in [-0.15, -0.1) is 0 Å². The largest absolute Gasteiger partial charge is 0.375 e. The lowest BCUT2D eigenvalue weighted by atomic mass is 9.67. The highest BCUT2D eigenvalue weighted by atomic mass is 32.1. The summed E-state index contributed by atoms with van der Waals surface area (Å²) in [4.78, 5) is 0. The van der Waals surface area contributed by atoms with E-state index < -0.39 is 0 Å². The minimum atomic E-state index is 0.224. The predicted molar refractivity (Wildman–Crippen MR) is 110 cm³/mol. The van der Waals surface area contributed by atoms with E-state index in [1.165, 1.54) is 23.3 Å². The van der Waals surface area contributed by atoms with Crippen molar-refractivity contribution >= 4 is 23.0 Å². The zero-order valence-electron chi connectivity index (χ0n) is 14.6. The maximum absolute atomic E-state index is 5.65. The fourth-order valence-corrected chi connectivity index (χ4v) is 4.54. The highest BCUT2D eigenvalue weighted by molar-refractivity contribution is 7.80. The molecule has 4 nitrogen and oxygen atoms in total. The van der Waals surface area contributed by atoms with E-state index in [1.54, 1.807) is 0 Å². The summed E-state index contributed by atoms with van der Waals surface area (Å²) < 4.78 is 0. The molecule has 0 aromatic heterocycles. The summed E-state index contributed by atoms with van der Waals surface area (Å²) >= 11 is 4.99. The fraction of sp³-hybridized carbons (Fsp3) is 0.333. The van der Waals surface area contributed by atoms with Crippen LogP contribution in [-0.4, -0.2) is 10.8 Å². The van der Waals surface area contributed by atoms with Crippen molar-refractivity contribution in [2.45, 2.75) is 31.3 Å². The van der Waals surface area contributed by atoms with Crippen LogP contribution in [0.2, 0.25) is 0 Å². The predicted octanol–water partition coefficient (Wildman–Crippen LogP) is 3.68. The van der Waals surface area contributed by atoms with Crippen LogP contribution in [0.3, 0.4) is 0 Å². The highest BCUT2D eigenvalue weighted by Gasteiger charge is 2.45. The van der Waals surface area contributed by atoms with Gasteiger partial charge in [-0.25, -0.2) is 0 Å². The van der Waals surface area contributed by atoms with Crippen LogP contribution in [0.25, 0.3) is 0 Å². The van der Waals surface area contributed by atoms with Crippen LogP contribution in [-0.2, 0) is 0 Å². The van der Waals surface area contributed by atoms with Crippen molar-refractivity contribution in [1.82, 2.24) is 10.7 Å². The molecule has 5 heteroatoms. The van der Waals surface area contributed by atoms with Crippen LogP contribution in [0.4, 0.5) is 0 Å². The molecule has 0 radical (unpaired) electrons. The Balaban J connectivity index is 1.76. The van der Waals surface area contributed by atoms with E-state index in [0.29, 0.717) is 11.8 Å². The zero-order chi connectivity index (χ0) is 17.9. The van der Waals surface area contributed by atoms with Crippen LogP contribution in [0.1, 0.15) is 42.5 Å². The van der Waals surface area contributed by atoms with Crippen molar-refractivity contribution in [2.24, 2.45) is 22.7 Å². The molecule has 2 bridgehead atoms. The maximum Gasteiger partial charge on any atom is 0.184 e. The average Bonchev–Trinajstić information content (AvgIpc) is 2.68. The third kappa shape index (κ3) is 3.37. The topological polar surface area (TPSA) is 62.4 Å². The minimum Gasteiger partial charge on any atom is -0.375 e. The molecule has 1 aliphatic carbocycles. The Morgan fingerprint density at radius 3 is 1.88 bits per heavy atom. The first-order chi connectivity index (χ1) is 12.7.